The van der Waals surface area contributed by atoms with Gasteiger partial charge in [0.15, 0.2) is 0 Å². The van der Waals surface area contributed by atoms with Crippen molar-refractivity contribution in [3.63, 3.8) is 0 Å². The molecule has 0 fully saturated rings. The second kappa shape index (κ2) is 8.14. The molecule has 0 spiro atoms. The predicted octanol–water partition coefficient (Wildman–Crippen LogP) is 4.37. The molecule has 1 heterocycles. The van der Waals surface area contributed by atoms with E-state index in [9.17, 15) is 14.9 Å². The first-order valence-corrected chi connectivity index (χ1v) is 8.54. The number of carbonyl (C=O) groups excluding carboxylic acids is 1. The molecule has 0 atom stereocenters. The second-order valence-electron chi connectivity index (χ2n) is 6.40. The van der Waals surface area contributed by atoms with Crippen molar-refractivity contribution in [2.24, 2.45) is 5.92 Å². The van der Waals surface area contributed by atoms with Crippen LogP contribution in [0, 0.1) is 29.9 Å². The minimum atomic E-state index is -0.479. The number of benzene rings is 1. The third-order valence-electron chi connectivity index (χ3n) is 3.81. The summed E-state index contributed by atoms with van der Waals surface area (Å²) in [5, 5.41) is 18.5. The Morgan fingerprint density at radius 2 is 2.12 bits per heavy atom. The Labute approximate surface area is 156 Å². The Hall–Kier alpha value is -2.67. The molecule has 0 bridgehead atoms. The molecule has 0 unspecified atom stereocenters. The third-order valence-corrected chi connectivity index (χ3v) is 4.21. The minimum Gasteiger partial charge on any atom is -0.322 e. The summed E-state index contributed by atoms with van der Waals surface area (Å²) in [4.78, 5) is 22.7. The summed E-state index contributed by atoms with van der Waals surface area (Å²) in [6, 6.07) is 4.54. The molecule has 1 aromatic carbocycles. The van der Waals surface area contributed by atoms with Gasteiger partial charge in [0, 0.05) is 24.3 Å². The summed E-state index contributed by atoms with van der Waals surface area (Å²) >= 11 is 6.34. The Bertz CT molecular complexity index is 872. The van der Waals surface area contributed by atoms with Crippen LogP contribution in [0.15, 0.2) is 24.3 Å². The summed E-state index contributed by atoms with van der Waals surface area (Å²) in [7, 11) is 0. The third kappa shape index (κ3) is 4.49. The van der Waals surface area contributed by atoms with Gasteiger partial charge in [-0.2, -0.15) is 5.10 Å². The van der Waals surface area contributed by atoms with E-state index in [1.54, 1.807) is 23.7 Å². The zero-order valence-electron chi connectivity index (χ0n) is 15.1. The molecule has 0 aliphatic heterocycles. The van der Waals surface area contributed by atoms with Crippen LogP contribution < -0.4 is 5.32 Å². The van der Waals surface area contributed by atoms with Crippen LogP contribution in [0.5, 0.6) is 0 Å². The number of nitrogens with one attached hydrogen (secondary N) is 1. The van der Waals surface area contributed by atoms with Crippen LogP contribution in [-0.4, -0.2) is 20.6 Å². The number of nitrogens with zero attached hydrogens (tertiary/aromatic N) is 3. The number of aromatic nitrogens is 2. The minimum absolute atomic E-state index is 0.0411. The van der Waals surface area contributed by atoms with Crippen LogP contribution in [0.3, 0.4) is 0 Å². The molecule has 0 aliphatic carbocycles. The highest BCUT2D eigenvalue weighted by molar-refractivity contribution is 6.31. The molecule has 0 saturated heterocycles. The highest BCUT2D eigenvalue weighted by Crippen LogP contribution is 2.25. The average Bonchev–Trinajstić information content (AvgIpc) is 2.80. The van der Waals surface area contributed by atoms with Crippen LogP contribution in [0.1, 0.15) is 30.7 Å². The van der Waals surface area contributed by atoms with Gasteiger partial charge in [0.1, 0.15) is 5.15 Å². The molecule has 0 aliphatic rings. The fourth-order valence-electron chi connectivity index (χ4n) is 2.51. The molecule has 8 heteroatoms. The molecular weight excluding hydrogens is 356 g/mol. The van der Waals surface area contributed by atoms with Crippen molar-refractivity contribution < 1.29 is 9.72 Å². The normalized spacial score (nSPS) is 11.3. The van der Waals surface area contributed by atoms with Gasteiger partial charge < -0.3 is 5.32 Å². The number of amides is 1. The first-order valence-electron chi connectivity index (χ1n) is 8.16. The first kappa shape index (κ1) is 19.7. The highest BCUT2D eigenvalue weighted by Gasteiger charge is 2.15. The smallest absolute Gasteiger partial charge is 0.274 e. The van der Waals surface area contributed by atoms with Crippen LogP contribution in [0.25, 0.3) is 6.08 Å². The summed E-state index contributed by atoms with van der Waals surface area (Å²) < 4.78 is 1.71. The van der Waals surface area contributed by atoms with Crippen molar-refractivity contribution in [2.45, 2.75) is 34.2 Å². The topological polar surface area (TPSA) is 90.1 Å². The van der Waals surface area contributed by atoms with Crippen molar-refractivity contribution in [1.82, 2.24) is 9.78 Å². The van der Waals surface area contributed by atoms with E-state index < -0.39 is 10.8 Å². The molecule has 138 valence electrons. The Kier molecular flexibility index (Phi) is 6.15. The fraction of sp³-hybridized carbons (Fsp3) is 0.333. The molecule has 2 rings (SSSR count). The predicted molar refractivity (Wildman–Crippen MR) is 102 cm³/mol. The molecule has 7 nitrogen and oxygen atoms in total. The second-order valence-corrected chi connectivity index (χ2v) is 6.75. The number of nitro groups is 1. The quantitative estimate of drug-likeness (QED) is 0.460. The van der Waals surface area contributed by atoms with Crippen LogP contribution >= 0.6 is 11.6 Å². The maximum Gasteiger partial charge on any atom is 0.274 e. The maximum atomic E-state index is 12.2. The average molecular weight is 377 g/mol. The SMILES string of the molecule is Cc1nn(CC(C)C)c(Cl)c1/C=C/C(=O)Nc1cccc([N+](=O)[O-])c1C. The highest BCUT2D eigenvalue weighted by atomic mass is 35.5. The standard InChI is InChI=1S/C18H21ClN4O3/c1-11(2)10-22-18(19)14(13(4)21-22)8-9-17(24)20-15-6-5-7-16(12(15)3)23(25)26/h5-9,11H,10H2,1-4H3,(H,20,24)/b9-8+. The Morgan fingerprint density at radius 1 is 1.42 bits per heavy atom. The molecular formula is C18H21ClN4O3. The van der Waals surface area contributed by atoms with Crippen molar-refractivity contribution in [3.8, 4) is 0 Å². The summed E-state index contributed by atoms with van der Waals surface area (Å²) in [6.45, 7) is 8.24. The zero-order valence-corrected chi connectivity index (χ0v) is 15.9. The van der Waals surface area contributed by atoms with Crippen LogP contribution in [0.2, 0.25) is 5.15 Å². The van der Waals surface area contributed by atoms with E-state index in [0.717, 1.165) is 5.69 Å². The number of aryl methyl sites for hydroxylation is 1. The number of carbonyl (C=O) groups is 1. The molecule has 2 aromatic rings. The van der Waals surface area contributed by atoms with E-state index in [4.69, 9.17) is 11.6 Å². The molecule has 26 heavy (non-hydrogen) atoms. The van der Waals surface area contributed by atoms with Crippen molar-refractivity contribution in [2.75, 3.05) is 5.32 Å². The lowest BCUT2D eigenvalue weighted by Gasteiger charge is -2.06. The van der Waals surface area contributed by atoms with E-state index in [2.05, 4.69) is 24.3 Å². The van der Waals surface area contributed by atoms with Gasteiger partial charge in [-0.15, -0.1) is 0 Å². The Morgan fingerprint density at radius 3 is 2.73 bits per heavy atom. The lowest BCUT2D eigenvalue weighted by molar-refractivity contribution is -0.385. The van der Waals surface area contributed by atoms with Gasteiger partial charge in [-0.25, -0.2) is 0 Å². The van der Waals surface area contributed by atoms with Crippen LogP contribution in [0.4, 0.5) is 11.4 Å². The number of hydrogen-bond donors (Lipinski definition) is 1. The number of hydrogen-bond acceptors (Lipinski definition) is 4. The lowest BCUT2D eigenvalue weighted by atomic mass is 10.1. The fourth-order valence-corrected chi connectivity index (χ4v) is 2.82. The number of halogens is 1. The largest absolute Gasteiger partial charge is 0.322 e. The van der Waals surface area contributed by atoms with E-state index in [-0.39, 0.29) is 5.69 Å². The van der Waals surface area contributed by atoms with Gasteiger partial charge >= 0.3 is 0 Å². The van der Waals surface area contributed by atoms with Crippen molar-refractivity contribution >= 4 is 35.0 Å². The summed E-state index contributed by atoms with van der Waals surface area (Å²) in [5.41, 5.74) is 2.16. The van der Waals surface area contributed by atoms with Gasteiger partial charge in [-0.1, -0.05) is 31.5 Å². The number of anilines is 1. The van der Waals surface area contributed by atoms with Crippen molar-refractivity contribution in [1.29, 1.82) is 0 Å². The lowest BCUT2D eigenvalue weighted by Crippen LogP contribution is -2.09. The summed E-state index contributed by atoms with van der Waals surface area (Å²) in [6.07, 6.45) is 2.94. The first-order chi connectivity index (χ1) is 12.2. The van der Waals surface area contributed by atoms with Crippen molar-refractivity contribution in [3.05, 3.63) is 56.4 Å². The van der Waals surface area contributed by atoms with E-state index >= 15 is 0 Å². The van der Waals surface area contributed by atoms with Crippen LogP contribution in [-0.2, 0) is 11.3 Å². The number of nitro benzene ring substituents is 1. The molecule has 1 amide bonds. The molecule has 0 radical (unpaired) electrons. The molecule has 0 saturated carbocycles. The zero-order chi connectivity index (χ0) is 19.4. The Balaban J connectivity index is 2.17. The maximum absolute atomic E-state index is 12.2. The van der Waals surface area contributed by atoms with E-state index in [1.807, 2.05) is 6.92 Å². The van der Waals surface area contributed by atoms with Gasteiger partial charge in [0.25, 0.3) is 5.69 Å². The molecule has 1 aromatic heterocycles. The van der Waals surface area contributed by atoms with Gasteiger partial charge in [0.2, 0.25) is 5.91 Å². The van der Waals surface area contributed by atoms with Gasteiger partial charge in [0.05, 0.1) is 21.9 Å². The number of rotatable bonds is 6. The van der Waals surface area contributed by atoms with Gasteiger partial charge in [-0.3, -0.25) is 19.6 Å². The van der Waals surface area contributed by atoms with E-state index in [0.29, 0.717) is 34.4 Å². The van der Waals surface area contributed by atoms with E-state index in [1.165, 1.54) is 18.2 Å². The summed E-state index contributed by atoms with van der Waals surface area (Å²) in [5.74, 6) is -0.00977. The molecule has 1 N–H and O–H groups in total. The van der Waals surface area contributed by atoms with Gasteiger partial charge in [-0.05, 0) is 31.9 Å². The monoisotopic (exact) mass is 376 g/mol.